The molecule has 0 aliphatic heterocycles. The maximum absolute atomic E-state index is 11.3. The normalized spacial score (nSPS) is 47.9. The van der Waals surface area contributed by atoms with Crippen molar-refractivity contribution in [2.24, 2.45) is 46.3 Å². The van der Waals surface area contributed by atoms with Gasteiger partial charge < -0.3 is 10.2 Å². The van der Waals surface area contributed by atoms with Gasteiger partial charge in [0, 0.05) is 0 Å². The van der Waals surface area contributed by atoms with Crippen LogP contribution in [0.3, 0.4) is 0 Å². The van der Waals surface area contributed by atoms with Gasteiger partial charge in [-0.3, -0.25) is 0 Å². The van der Waals surface area contributed by atoms with Gasteiger partial charge >= 0.3 is 0 Å². The van der Waals surface area contributed by atoms with Crippen LogP contribution in [-0.2, 0) is 0 Å². The van der Waals surface area contributed by atoms with E-state index in [4.69, 9.17) is 0 Å². The van der Waals surface area contributed by atoms with Gasteiger partial charge in [-0.2, -0.15) is 0 Å². The van der Waals surface area contributed by atoms with Gasteiger partial charge in [0.2, 0.25) is 0 Å². The molecule has 0 aromatic carbocycles. The van der Waals surface area contributed by atoms with Crippen molar-refractivity contribution < 1.29 is 10.2 Å². The lowest BCUT2D eigenvalue weighted by Gasteiger charge is -2.59. The molecular formula is C27H46O2. The Labute approximate surface area is 179 Å². The van der Waals surface area contributed by atoms with Crippen LogP contribution in [0.1, 0.15) is 98.8 Å². The minimum atomic E-state index is -0.298. The molecule has 0 heterocycles. The molecule has 4 rings (SSSR count). The SMILES string of the molecule is CC(C)CCCC(C)C1CCC2C3C(CCC12C)C1(C)CCC(O)CC1=C[C@@H]3O. The lowest BCUT2D eigenvalue weighted by atomic mass is 9.46. The van der Waals surface area contributed by atoms with Crippen LogP contribution >= 0.6 is 0 Å². The number of rotatable bonds is 5. The predicted molar refractivity (Wildman–Crippen MR) is 120 cm³/mol. The van der Waals surface area contributed by atoms with Crippen LogP contribution in [-0.4, -0.2) is 22.4 Å². The molecule has 166 valence electrons. The Bertz CT molecular complexity index is 624. The maximum Gasteiger partial charge on any atom is 0.0757 e. The number of hydrogen-bond donors (Lipinski definition) is 2. The molecule has 29 heavy (non-hydrogen) atoms. The summed E-state index contributed by atoms with van der Waals surface area (Å²) in [6, 6.07) is 0. The van der Waals surface area contributed by atoms with E-state index in [0.717, 1.165) is 37.0 Å². The first kappa shape index (κ1) is 21.9. The highest BCUT2D eigenvalue weighted by Crippen LogP contribution is 2.67. The van der Waals surface area contributed by atoms with Crippen molar-refractivity contribution in [2.45, 2.75) is 111 Å². The molecule has 0 aromatic heterocycles. The zero-order valence-electron chi connectivity index (χ0n) is 19.7. The smallest absolute Gasteiger partial charge is 0.0757 e. The third-order valence-electron chi connectivity index (χ3n) is 10.3. The molecule has 2 nitrogen and oxygen atoms in total. The fraction of sp³-hybridized carbons (Fsp3) is 0.926. The highest BCUT2D eigenvalue weighted by molar-refractivity contribution is 5.27. The zero-order valence-corrected chi connectivity index (χ0v) is 19.7. The van der Waals surface area contributed by atoms with Gasteiger partial charge in [-0.15, -0.1) is 0 Å². The largest absolute Gasteiger partial charge is 0.393 e. The third kappa shape index (κ3) is 3.65. The van der Waals surface area contributed by atoms with Gasteiger partial charge in [0.15, 0.2) is 0 Å². The zero-order chi connectivity index (χ0) is 21.0. The summed E-state index contributed by atoms with van der Waals surface area (Å²) in [7, 11) is 0. The van der Waals surface area contributed by atoms with E-state index in [1.54, 1.807) is 0 Å². The summed E-state index contributed by atoms with van der Waals surface area (Å²) >= 11 is 0. The van der Waals surface area contributed by atoms with Crippen molar-refractivity contribution in [3.8, 4) is 0 Å². The van der Waals surface area contributed by atoms with Crippen molar-refractivity contribution in [3.05, 3.63) is 11.6 Å². The summed E-state index contributed by atoms with van der Waals surface area (Å²) in [5, 5.41) is 21.5. The fourth-order valence-corrected chi connectivity index (χ4v) is 8.65. The van der Waals surface area contributed by atoms with Gasteiger partial charge in [0.05, 0.1) is 12.2 Å². The van der Waals surface area contributed by atoms with E-state index in [2.05, 4.69) is 40.7 Å². The summed E-state index contributed by atoms with van der Waals surface area (Å²) < 4.78 is 0. The maximum atomic E-state index is 11.3. The average molecular weight is 403 g/mol. The summed E-state index contributed by atoms with van der Waals surface area (Å²) in [6.07, 6.45) is 13.9. The van der Waals surface area contributed by atoms with Crippen LogP contribution in [0.25, 0.3) is 0 Å². The molecule has 2 N–H and O–H groups in total. The van der Waals surface area contributed by atoms with E-state index in [1.165, 1.54) is 50.5 Å². The highest BCUT2D eigenvalue weighted by Gasteiger charge is 2.61. The molecule has 9 atom stereocenters. The number of aliphatic hydroxyl groups excluding tert-OH is 2. The third-order valence-corrected chi connectivity index (χ3v) is 10.3. The Hall–Kier alpha value is -0.340. The van der Waals surface area contributed by atoms with Crippen LogP contribution < -0.4 is 0 Å². The second kappa shape index (κ2) is 7.97. The molecule has 0 radical (unpaired) electrons. The second-order valence-electron chi connectivity index (χ2n) is 12.3. The lowest BCUT2D eigenvalue weighted by Crippen LogP contribution is -2.54. The molecule has 8 unspecified atom stereocenters. The highest BCUT2D eigenvalue weighted by atomic mass is 16.3. The van der Waals surface area contributed by atoms with Crippen molar-refractivity contribution in [1.29, 1.82) is 0 Å². The fourth-order valence-electron chi connectivity index (χ4n) is 8.65. The second-order valence-corrected chi connectivity index (χ2v) is 12.3. The van der Waals surface area contributed by atoms with E-state index in [0.29, 0.717) is 23.2 Å². The van der Waals surface area contributed by atoms with Gasteiger partial charge in [-0.05, 0) is 91.3 Å². The van der Waals surface area contributed by atoms with Gasteiger partial charge in [0.1, 0.15) is 0 Å². The van der Waals surface area contributed by atoms with Crippen molar-refractivity contribution in [2.75, 3.05) is 0 Å². The standard InChI is InChI=1S/C27H46O2/c1-17(2)7-6-8-18(3)21-9-10-22-25-23(12-14-27(21,22)5)26(4)13-11-20(28)15-19(26)16-24(25)29/h16-18,20-25,28-29H,6-15H2,1-5H3/t18?,20?,21?,22?,23?,24-,25?,26?,27?/m0/s1. The molecule has 2 heteroatoms. The molecule has 4 aliphatic rings. The molecule has 3 fully saturated rings. The van der Waals surface area contributed by atoms with Crippen molar-refractivity contribution in [3.63, 3.8) is 0 Å². The topological polar surface area (TPSA) is 40.5 Å². The first-order valence-corrected chi connectivity index (χ1v) is 12.7. The number of hydrogen-bond acceptors (Lipinski definition) is 2. The monoisotopic (exact) mass is 402 g/mol. The molecule has 0 spiro atoms. The van der Waals surface area contributed by atoms with Crippen LogP contribution in [0.4, 0.5) is 0 Å². The molecule has 4 aliphatic carbocycles. The van der Waals surface area contributed by atoms with Gasteiger partial charge in [0.25, 0.3) is 0 Å². The Balaban J connectivity index is 1.54. The molecule has 0 saturated heterocycles. The van der Waals surface area contributed by atoms with Gasteiger partial charge in [-0.25, -0.2) is 0 Å². The summed E-state index contributed by atoms with van der Waals surface area (Å²) in [5.41, 5.74) is 1.99. The van der Waals surface area contributed by atoms with Crippen LogP contribution in [0.2, 0.25) is 0 Å². The predicted octanol–water partition coefficient (Wildman–Crippen LogP) is 6.36. The molecule has 0 aromatic rings. The van der Waals surface area contributed by atoms with Crippen LogP contribution in [0.15, 0.2) is 11.6 Å². The summed E-state index contributed by atoms with van der Waals surface area (Å²) in [4.78, 5) is 0. The van der Waals surface area contributed by atoms with Gasteiger partial charge in [-0.1, -0.05) is 65.5 Å². The number of fused-ring (bicyclic) bond motifs is 5. The molecule has 0 bridgehead atoms. The summed E-state index contributed by atoms with van der Waals surface area (Å²) in [5.74, 6) is 4.18. The first-order chi connectivity index (χ1) is 13.7. The van der Waals surface area contributed by atoms with E-state index < -0.39 is 0 Å². The average Bonchev–Trinajstić information content (AvgIpc) is 3.00. The molecule has 0 amide bonds. The van der Waals surface area contributed by atoms with E-state index in [1.807, 2.05) is 0 Å². The Morgan fingerprint density at radius 1 is 0.966 bits per heavy atom. The molecular weight excluding hydrogens is 356 g/mol. The van der Waals surface area contributed by atoms with E-state index >= 15 is 0 Å². The Morgan fingerprint density at radius 3 is 2.45 bits per heavy atom. The van der Waals surface area contributed by atoms with E-state index in [-0.39, 0.29) is 17.6 Å². The minimum Gasteiger partial charge on any atom is -0.393 e. The first-order valence-electron chi connectivity index (χ1n) is 12.7. The quantitative estimate of drug-likeness (QED) is 0.525. The van der Waals surface area contributed by atoms with E-state index in [9.17, 15) is 10.2 Å². The van der Waals surface area contributed by atoms with Crippen molar-refractivity contribution in [1.82, 2.24) is 0 Å². The van der Waals surface area contributed by atoms with Crippen LogP contribution in [0.5, 0.6) is 0 Å². The van der Waals surface area contributed by atoms with Crippen molar-refractivity contribution >= 4 is 0 Å². The minimum absolute atomic E-state index is 0.200. The number of aliphatic hydroxyl groups is 2. The summed E-state index contributed by atoms with van der Waals surface area (Å²) in [6.45, 7) is 12.2. The lowest BCUT2D eigenvalue weighted by molar-refractivity contribution is -0.0970. The van der Waals surface area contributed by atoms with Crippen LogP contribution in [0, 0.1) is 46.3 Å². The Morgan fingerprint density at radius 2 is 1.72 bits per heavy atom. The molecule has 3 saturated carbocycles. The Kier molecular flexibility index (Phi) is 6.01.